The van der Waals surface area contributed by atoms with Crippen LogP contribution in [0.2, 0.25) is 0 Å². The molecule has 0 aliphatic heterocycles. The van der Waals surface area contributed by atoms with Gasteiger partial charge in [0.2, 0.25) is 5.91 Å². The van der Waals surface area contributed by atoms with Gasteiger partial charge in [0.05, 0.1) is 7.11 Å². The van der Waals surface area contributed by atoms with Gasteiger partial charge in [0.15, 0.2) is 0 Å². The molecule has 0 saturated heterocycles. The van der Waals surface area contributed by atoms with Crippen LogP contribution in [0.1, 0.15) is 34.6 Å². The van der Waals surface area contributed by atoms with Crippen LogP contribution < -0.4 is 5.32 Å². The van der Waals surface area contributed by atoms with E-state index in [9.17, 15) is 9.59 Å². The second-order valence-corrected chi connectivity index (χ2v) is 4.93. The Morgan fingerprint density at radius 3 is 2.06 bits per heavy atom. The number of carbonyl (C=O) groups is 2. The Morgan fingerprint density at radius 1 is 1.18 bits per heavy atom. The summed E-state index contributed by atoms with van der Waals surface area (Å²) < 4.78 is 4.62. The minimum Gasteiger partial charge on any atom is -0.464 e. The summed E-state index contributed by atoms with van der Waals surface area (Å²) >= 11 is 0. The first-order valence-corrected chi connectivity index (χ1v) is 5.43. The zero-order valence-electron chi connectivity index (χ0n) is 11.4. The Labute approximate surface area is 103 Å². The summed E-state index contributed by atoms with van der Waals surface area (Å²) in [5.41, 5.74) is 0.862. The molecule has 0 rings (SSSR count). The normalized spacial score (nSPS) is 13.3. The fourth-order valence-electron chi connectivity index (χ4n) is 1.05. The summed E-state index contributed by atoms with van der Waals surface area (Å²) in [5.74, 6) is -0.842. The minimum absolute atomic E-state index is 0.0126. The number of carbonyl (C=O) groups excluding carboxylic acids is 2. The molecule has 0 spiro atoms. The SMILES string of the molecule is COC(=O)/C(NC(C)=O)=C(C)\C=C\C(C)(C)C. The number of allylic oxidation sites excluding steroid dienone is 3. The van der Waals surface area contributed by atoms with Crippen molar-refractivity contribution >= 4 is 11.9 Å². The zero-order valence-corrected chi connectivity index (χ0v) is 11.4. The summed E-state index contributed by atoms with van der Waals surface area (Å²) in [7, 11) is 1.28. The quantitative estimate of drug-likeness (QED) is 0.466. The smallest absolute Gasteiger partial charge is 0.354 e. The van der Waals surface area contributed by atoms with Gasteiger partial charge in [-0.15, -0.1) is 0 Å². The summed E-state index contributed by atoms with van der Waals surface area (Å²) in [6.45, 7) is 9.25. The number of ether oxygens (including phenoxy) is 1. The third-order valence-electron chi connectivity index (χ3n) is 1.92. The number of amides is 1. The van der Waals surface area contributed by atoms with Crippen molar-refractivity contribution in [3.63, 3.8) is 0 Å². The maximum atomic E-state index is 11.5. The van der Waals surface area contributed by atoms with E-state index in [4.69, 9.17) is 0 Å². The molecule has 0 unspecified atom stereocenters. The molecular formula is C13H21NO3. The van der Waals surface area contributed by atoms with Crippen molar-refractivity contribution in [3.05, 3.63) is 23.4 Å². The van der Waals surface area contributed by atoms with Gasteiger partial charge in [-0.1, -0.05) is 32.9 Å². The fraction of sp³-hybridized carbons (Fsp3) is 0.538. The summed E-state index contributed by atoms with van der Waals surface area (Å²) in [6.07, 6.45) is 3.77. The van der Waals surface area contributed by atoms with Crippen molar-refractivity contribution in [2.24, 2.45) is 5.41 Å². The van der Waals surface area contributed by atoms with Gasteiger partial charge in [0.1, 0.15) is 5.70 Å². The lowest BCUT2D eigenvalue weighted by molar-refractivity contribution is -0.137. The first-order valence-electron chi connectivity index (χ1n) is 5.43. The predicted octanol–water partition coefficient (Wildman–Crippen LogP) is 2.17. The van der Waals surface area contributed by atoms with Gasteiger partial charge in [-0.2, -0.15) is 0 Å². The third kappa shape index (κ3) is 6.56. The van der Waals surface area contributed by atoms with E-state index in [1.807, 2.05) is 32.9 Å². The molecule has 1 N–H and O–H groups in total. The molecule has 0 bridgehead atoms. The van der Waals surface area contributed by atoms with Crippen molar-refractivity contribution in [1.29, 1.82) is 0 Å². The molecule has 0 aromatic heterocycles. The van der Waals surface area contributed by atoms with Crippen LogP contribution >= 0.6 is 0 Å². The molecule has 17 heavy (non-hydrogen) atoms. The average Bonchev–Trinajstić information content (AvgIpc) is 2.20. The molecule has 0 aromatic rings. The van der Waals surface area contributed by atoms with Gasteiger partial charge in [-0.3, -0.25) is 4.79 Å². The second kappa shape index (κ2) is 6.23. The molecule has 0 atom stereocenters. The van der Waals surface area contributed by atoms with E-state index >= 15 is 0 Å². The van der Waals surface area contributed by atoms with Gasteiger partial charge in [0, 0.05) is 6.92 Å². The number of rotatable bonds is 3. The van der Waals surface area contributed by atoms with E-state index in [2.05, 4.69) is 10.1 Å². The van der Waals surface area contributed by atoms with Gasteiger partial charge < -0.3 is 10.1 Å². The van der Waals surface area contributed by atoms with Crippen LogP contribution in [0.4, 0.5) is 0 Å². The average molecular weight is 239 g/mol. The van der Waals surface area contributed by atoms with E-state index in [0.29, 0.717) is 5.57 Å². The van der Waals surface area contributed by atoms with Gasteiger partial charge >= 0.3 is 5.97 Å². The van der Waals surface area contributed by atoms with Crippen molar-refractivity contribution in [3.8, 4) is 0 Å². The molecule has 0 heterocycles. The van der Waals surface area contributed by atoms with Crippen LogP contribution in [0, 0.1) is 5.41 Å². The van der Waals surface area contributed by atoms with Crippen molar-refractivity contribution in [2.45, 2.75) is 34.6 Å². The number of methoxy groups -OCH3 is 1. The topological polar surface area (TPSA) is 55.4 Å². The number of hydrogen-bond acceptors (Lipinski definition) is 3. The van der Waals surface area contributed by atoms with E-state index in [1.165, 1.54) is 14.0 Å². The van der Waals surface area contributed by atoms with Crippen LogP contribution in [0.3, 0.4) is 0 Å². The molecule has 96 valence electrons. The molecule has 4 heteroatoms. The van der Waals surface area contributed by atoms with Crippen molar-refractivity contribution < 1.29 is 14.3 Å². The number of nitrogens with one attached hydrogen (secondary N) is 1. The zero-order chi connectivity index (χ0) is 13.6. The summed E-state index contributed by atoms with van der Waals surface area (Å²) in [6, 6.07) is 0. The van der Waals surface area contributed by atoms with Crippen molar-refractivity contribution in [2.75, 3.05) is 7.11 Å². The van der Waals surface area contributed by atoms with Gasteiger partial charge in [0.25, 0.3) is 0 Å². The summed E-state index contributed by atoms with van der Waals surface area (Å²) in [4.78, 5) is 22.5. The lowest BCUT2D eigenvalue weighted by atomic mass is 9.95. The molecule has 0 aliphatic carbocycles. The van der Waals surface area contributed by atoms with Gasteiger partial charge in [-0.05, 0) is 17.9 Å². The minimum atomic E-state index is -0.545. The molecular weight excluding hydrogens is 218 g/mol. The molecule has 0 aromatic carbocycles. The number of esters is 1. The highest BCUT2D eigenvalue weighted by molar-refractivity contribution is 5.94. The predicted molar refractivity (Wildman–Crippen MR) is 67.1 cm³/mol. The maximum absolute atomic E-state index is 11.5. The highest BCUT2D eigenvalue weighted by Gasteiger charge is 2.14. The fourth-order valence-corrected chi connectivity index (χ4v) is 1.05. The van der Waals surface area contributed by atoms with Crippen LogP contribution in [0.5, 0.6) is 0 Å². The molecule has 1 amide bonds. The Hall–Kier alpha value is -1.58. The Balaban J connectivity index is 5.17. The Morgan fingerprint density at radius 2 is 1.71 bits per heavy atom. The third-order valence-corrected chi connectivity index (χ3v) is 1.92. The van der Waals surface area contributed by atoms with Crippen LogP contribution in [0.15, 0.2) is 23.4 Å². The van der Waals surface area contributed by atoms with Crippen molar-refractivity contribution in [1.82, 2.24) is 5.32 Å². The molecule has 0 fully saturated rings. The Kier molecular flexibility index (Phi) is 5.65. The van der Waals surface area contributed by atoms with E-state index in [1.54, 1.807) is 6.92 Å². The van der Waals surface area contributed by atoms with Crippen LogP contribution in [-0.2, 0) is 14.3 Å². The lowest BCUT2D eigenvalue weighted by Gasteiger charge is -2.12. The van der Waals surface area contributed by atoms with E-state index in [0.717, 1.165) is 0 Å². The standard InChI is InChI=1S/C13H21NO3/c1-9(7-8-13(3,4)5)11(12(16)17-6)14-10(2)15/h7-8H,1-6H3,(H,14,15)/b8-7+,11-9+. The van der Waals surface area contributed by atoms with E-state index in [-0.39, 0.29) is 17.0 Å². The summed E-state index contributed by atoms with van der Waals surface area (Å²) in [5, 5.41) is 2.48. The van der Waals surface area contributed by atoms with Crippen LogP contribution in [0.25, 0.3) is 0 Å². The molecule has 0 saturated carbocycles. The maximum Gasteiger partial charge on any atom is 0.354 e. The second-order valence-electron chi connectivity index (χ2n) is 4.93. The lowest BCUT2D eigenvalue weighted by Crippen LogP contribution is -2.27. The number of hydrogen-bond donors (Lipinski definition) is 1. The highest BCUT2D eigenvalue weighted by atomic mass is 16.5. The molecule has 0 aliphatic rings. The highest BCUT2D eigenvalue weighted by Crippen LogP contribution is 2.16. The molecule has 4 nitrogen and oxygen atoms in total. The largest absolute Gasteiger partial charge is 0.464 e. The van der Waals surface area contributed by atoms with Gasteiger partial charge in [-0.25, -0.2) is 4.79 Å². The van der Waals surface area contributed by atoms with E-state index < -0.39 is 5.97 Å². The molecule has 0 radical (unpaired) electrons. The first kappa shape index (κ1) is 15.4. The Bertz CT molecular complexity index is 359. The first-order chi connectivity index (χ1) is 7.67. The van der Waals surface area contributed by atoms with Crippen LogP contribution in [-0.4, -0.2) is 19.0 Å². The monoisotopic (exact) mass is 239 g/mol.